The van der Waals surface area contributed by atoms with Crippen LogP contribution in [-0.2, 0) is 15.9 Å². The molecule has 4 atom stereocenters. The predicted octanol–water partition coefficient (Wildman–Crippen LogP) is 4.43. The van der Waals surface area contributed by atoms with Gasteiger partial charge in [-0.05, 0) is 70.2 Å². The maximum Gasteiger partial charge on any atom is 0.408 e. The third-order valence-corrected chi connectivity index (χ3v) is 9.59. The molecule has 11 heteroatoms. The lowest BCUT2D eigenvalue weighted by Gasteiger charge is -2.34. The van der Waals surface area contributed by atoms with Gasteiger partial charge in [0.15, 0.2) is 0 Å². The Hall–Kier alpha value is -3.57. The number of carbonyl (C=O) groups excluding carboxylic acids is 2. The molecule has 2 fully saturated rings. The Morgan fingerprint density at radius 1 is 1.21 bits per heavy atom. The van der Waals surface area contributed by atoms with Crippen LogP contribution in [0.25, 0.3) is 10.2 Å². The minimum absolute atomic E-state index is 0.180. The van der Waals surface area contributed by atoms with Gasteiger partial charge >= 0.3 is 6.09 Å². The second kappa shape index (κ2) is 10.6. The molecular weight excluding hydrogens is 554 g/mol. The molecule has 4 N–H and O–H groups in total. The van der Waals surface area contributed by atoms with E-state index in [1.54, 1.807) is 0 Å². The number of hydrogen-bond acceptors (Lipinski definition) is 9. The number of ether oxygens (including phenoxy) is 3. The maximum atomic E-state index is 13.1. The number of aryl methyl sites for hydroxylation is 1. The maximum absolute atomic E-state index is 13.1. The van der Waals surface area contributed by atoms with Crippen LogP contribution < -0.4 is 26.0 Å². The van der Waals surface area contributed by atoms with Crippen LogP contribution in [0.1, 0.15) is 55.0 Å². The number of nitrogen functional groups attached to an aromatic ring is 1. The Labute approximate surface area is 249 Å². The van der Waals surface area contributed by atoms with Crippen molar-refractivity contribution in [3.8, 4) is 5.75 Å². The molecule has 3 aromatic rings. The van der Waals surface area contributed by atoms with Gasteiger partial charge in [0, 0.05) is 42.5 Å². The summed E-state index contributed by atoms with van der Waals surface area (Å²) in [4.78, 5) is 33.8. The average molecular weight is 594 g/mol. The van der Waals surface area contributed by atoms with Crippen LogP contribution >= 0.6 is 11.3 Å². The normalized spacial score (nSPS) is 25.4. The first-order chi connectivity index (χ1) is 19.9. The van der Waals surface area contributed by atoms with E-state index >= 15 is 0 Å². The van der Waals surface area contributed by atoms with Crippen molar-refractivity contribution in [3.05, 3.63) is 46.5 Å². The number of pyridine rings is 1. The first kappa shape index (κ1) is 28.5. The van der Waals surface area contributed by atoms with E-state index in [2.05, 4.69) is 45.6 Å². The second-order valence-corrected chi connectivity index (χ2v) is 13.7. The van der Waals surface area contributed by atoms with Crippen LogP contribution in [0.5, 0.6) is 5.75 Å². The second-order valence-electron chi connectivity index (χ2n) is 12.7. The molecule has 1 aromatic carbocycles. The van der Waals surface area contributed by atoms with Crippen molar-refractivity contribution in [2.24, 2.45) is 5.92 Å². The van der Waals surface area contributed by atoms with Crippen molar-refractivity contribution in [1.29, 1.82) is 0 Å². The number of benzene rings is 1. The number of fused-ring (bicyclic) bond motifs is 2. The highest BCUT2D eigenvalue weighted by atomic mass is 32.1. The van der Waals surface area contributed by atoms with Crippen molar-refractivity contribution in [2.75, 3.05) is 36.9 Å². The summed E-state index contributed by atoms with van der Waals surface area (Å²) in [6, 6.07) is 9.61. The molecule has 0 radical (unpaired) electrons. The number of rotatable bonds is 4. The van der Waals surface area contributed by atoms with Gasteiger partial charge < -0.3 is 35.5 Å². The van der Waals surface area contributed by atoms with E-state index < -0.39 is 17.3 Å². The average Bonchev–Trinajstić information content (AvgIpc) is 3.58. The first-order valence-electron chi connectivity index (χ1n) is 14.5. The topological polar surface area (TPSA) is 128 Å². The fraction of sp³-hybridized carbons (Fsp3) is 0.516. The Balaban J connectivity index is 1.14. The van der Waals surface area contributed by atoms with Gasteiger partial charge in [-0.2, -0.15) is 0 Å². The van der Waals surface area contributed by atoms with Crippen LogP contribution in [0.2, 0.25) is 0 Å². The fourth-order valence-electron chi connectivity index (χ4n) is 6.28. The summed E-state index contributed by atoms with van der Waals surface area (Å²) in [6.45, 7) is 12.0. The first-order valence-corrected chi connectivity index (χ1v) is 15.3. The number of thiophene rings is 1. The summed E-state index contributed by atoms with van der Waals surface area (Å²) in [5, 5.41) is 7.01. The van der Waals surface area contributed by atoms with Crippen molar-refractivity contribution in [3.63, 3.8) is 0 Å². The third kappa shape index (κ3) is 5.35. The van der Waals surface area contributed by atoms with Crippen LogP contribution in [-0.4, -0.2) is 66.6 Å². The van der Waals surface area contributed by atoms with E-state index in [0.29, 0.717) is 43.3 Å². The van der Waals surface area contributed by atoms with Gasteiger partial charge in [0.1, 0.15) is 33.3 Å². The number of alkyl carbamates (subject to hydrolysis) is 1. The SMILES string of the molecule is Cc1ccc2c(N)c(C(=O)N[C@H]3COc4cc(N5C[C@H](NC(=O)OC(C)(C)C)[C@@]6(C5)OCC[C@H]6C)ccc4C3)sc2n1. The lowest BCUT2D eigenvalue weighted by Crippen LogP contribution is -2.55. The molecule has 3 aliphatic heterocycles. The van der Waals surface area contributed by atoms with Gasteiger partial charge in [0.05, 0.1) is 17.8 Å². The van der Waals surface area contributed by atoms with Gasteiger partial charge in [-0.15, -0.1) is 11.3 Å². The highest BCUT2D eigenvalue weighted by Crippen LogP contribution is 2.42. The molecule has 0 unspecified atom stereocenters. The quantitative estimate of drug-likeness (QED) is 0.406. The number of hydrogen-bond donors (Lipinski definition) is 3. The summed E-state index contributed by atoms with van der Waals surface area (Å²) >= 11 is 1.31. The molecular formula is C31H39N5O5S. The van der Waals surface area contributed by atoms with E-state index in [1.165, 1.54) is 11.3 Å². The monoisotopic (exact) mass is 593 g/mol. The van der Waals surface area contributed by atoms with Gasteiger partial charge in [-0.3, -0.25) is 4.79 Å². The largest absolute Gasteiger partial charge is 0.491 e. The lowest BCUT2D eigenvalue weighted by atomic mass is 9.85. The molecule has 2 saturated heterocycles. The van der Waals surface area contributed by atoms with Crippen LogP contribution in [0.4, 0.5) is 16.2 Å². The van der Waals surface area contributed by atoms with Gasteiger partial charge in [0.25, 0.3) is 5.91 Å². The summed E-state index contributed by atoms with van der Waals surface area (Å²) in [5.41, 5.74) is 8.62. The molecule has 42 heavy (non-hydrogen) atoms. The van der Waals surface area contributed by atoms with Crippen molar-refractivity contribution >= 4 is 44.9 Å². The van der Waals surface area contributed by atoms with Crippen LogP contribution in [0, 0.1) is 12.8 Å². The zero-order valence-corrected chi connectivity index (χ0v) is 25.6. The van der Waals surface area contributed by atoms with Crippen molar-refractivity contribution in [1.82, 2.24) is 15.6 Å². The predicted molar refractivity (Wildman–Crippen MR) is 163 cm³/mol. The van der Waals surface area contributed by atoms with E-state index in [9.17, 15) is 9.59 Å². The highest BCUT2D eigenvalue weighted by Gasteiger charge is 2.55. The van der Waals surface area contributed by atoms with E-state index in [-0.39, 0.29) is 23.9 Å². The van der Waals surface area contributed by atoms with E-state index in [4.69, 9.17) is 19.9 Å². The molecule has 2 aromatic heterocycles. The Kier molecular flexibility index (Phi) is 7.21. The van der Waals surface area contributed by atoms with Gasteiger partial charge in [-0.1, -0.05) is 13.0 Å². The molecule has 1 spiro atoms. The molecule has 6 rings (SSSR count). The minimum Gasteiger partial charge on any atom is -0.491 e. The summed E-state index contributed by atoms with van der Waals surface area (Å²) in [6.07, 6.45) is 1.17. The molecule has 0 bridgehead atoms. The zero-order valence-electron chi connectivity index (χ0n) is 24.8. The number of anilines is 2. The van der Waals surface area contributed by atoms with E-state index in [0.717, 1.165) is 39.3 Å². The summed E-state index contributed by atoms with van der Waals surface area (Å²) in [7, 11) is 0. The minimum atomic E-state index is -0.578. The Bertz CT molecular complexity index is 1530. The lowest BCUT2D eigenvalue weighted by molar-refractivity contribution is -0.0238. The zero-order chi connectivity index (χ0) is 29.8. The molecule has 2 amide bonds. The Morgan fingerprint density at radius 2 is 2.02 bits per heavy atom. The number of nitrogens with zero attached hydrogens (tertiary/aromatic N) is 2. The number of nitrogens with one attached hydrogen (secondary N) is 2. The number of carbonyl (C=O) groups is 2. The number of amides is 2. The molecule has 5 heterocycles. The fourth-order valence-corrected chi connectivity index (χ4v) is 7.32. The number of nitrogens with two attached hydrogens (primary N) is 1. The van der Waals surface area contributed by atoms with Crippen LogP contribution in [0.3, 0.4) is 0 Å². The Morgan fingerprint density at radius 3 is 2.76 bits per heavy atom. The number of aromatic nitrogens is 1. The standard InChI is InChI=1S/C31H39N5O5S/c1-17-10-11-40-31(17)16-36(14-24(31)35-29(38)41-30(3,4)5)21-8-7-19-12-20(15-39-23(19)13-21)34-27(37)26-25(32)22-9-6-18(2)33-28(22)42-26/h6-9,13,17,20,24H,10-12,14-16,32H2,1-5H3,(H,34,37)(H,35,38)/t17-,20-,24+,31+/m1/s1. The molecule has 0 aliphatic carbocycles. The molecule has 224 valence electrons. The summed E-state index contributed by atoms with van der Waals surface area (Å²) in [5.74, 6) is 0.880. The van der Waals surface area contributed by atoms with Crippen molar-refractivity contribution < 1.29 is 23.8 Å². The van der Waals surface area contributed by atoms with Crippen LogP contribution in [0.15, 0.2) is 30.3 Å². The van der Waals surface area contributed by atoms with E-state index in [1.807, 2.05) is 39.8 Å². The third-order valence-electron chi connectivity index (χ3n) is 8.47. The molecule has 0 saturated carbocycles. The smallest absolute Gasteiger partial charge is 0.408 e. The van der Waals surface area contributed by atoms with Gasteiger partial charge in [0.2, 0.25) is 0 Å². The highest BCUT2D eigenvalue weighted by molar-refractivity contribution is 7.21. The van der Waals surface area contributed by atoms with Crippen molar-refractivity contribution in [2.45, 2.75) is 70.7 Å². The van der Waals surface area contributed by atoms with Gasteiger partial charge in [-0.25, -0.2) is 9.78 Å². The summed E-state index contributed by atoms with van der Waals surface area (Å²) < 4.78 is 18.1. The molecule has 3 aliphatic rings. The molecule has 10 nitrogen and oxygen atoms in total.